The predicted octanol–water partition coefficient (Wildman–Crippen LogP) is 2.73. The van der Waals surface area contributed by atoms with E-state index in [4.69, 9.17) is 5.84 Å². The monoisotopic (exact) mass is 228 g/mol. The van der Waals surface area contributed by atoms with Crippen LogP contribution in [0.5, 0.6) is 0 Å². The van der Waals surface area contributed by atoms with E-state index in [1.165, 1.54) is 11.1 Å². The van der Waals surface area contributed by atoms with Crippen LogP contribution < -0.4 is 16.6 Å². The Hall–Kier alpha value is -2.07. The fourth-order valence-corrected chi connectivity index (χ4v) is 1.70. The summed E-state index contributed by atoms with van der Waals surface area (Å²) in [6.07, 6.45) is 1.71. The van der Waals surface area contributed by atoms with Gasteiger partial charge in [0, 0.05) is 23.6 Å². The number of benzene rings is 1. The summed E-state index contributed by atoms with van der Waals surface area (Å²) in [5.41, 5.74) is 7.04. The van der Waals surface area contributed by atoms with E-state index in [0.29, 0.717) is 5.82 Å². The molecule has 4 N–H and O–H groups in total. The lowest BCUT2D eigenvalue weighted by Gasteiger charge is -2.10. The zero-order valence-electron chi connectivity index (χ0n) is 9.99. The van der Waals surface area contributed by atoms with Crippen molar-refractivity contribution in [1.29, 1.82) is 0 Å². The van der Waals surface area contributed by atoms with Crippen molar-refractivity contribution in [3.8, 4) is 0 Å². The first-order chi connectivity index (χ1) is 8.19. The van der Waals surface area contributed by atoms with Crippen molar-refractivity contribution in [2.75, 3.05) is 10.7 Å². The van der Waals surface area contributed by atoms with Crippen LogP contribution in [0.4, 0.5) is 17.2 Å². The van der Waals surface area contributed by atoms with Crippen LogP contribution in [-0.4, -0.2) is 4.98 Å². The molecule has 0 spiro atoms. The number of aromatic nitrogens is 1. The smallest absolute Gasteiger partial charge is 0.141 e. The second-order valence-electron chi connectivity index (χ2n) is 4.02. The molecule has 0 unspecified atom stereocenters. The molecule has 2 aromatic rings. The zero-order chi connectivity index (χ0) is 12.3. The predicted molar refractivity (Wildman–Crippen MR) is 71.2 cm³/mol. The molecule has 0 bridgehead atoms. The average Bonchev–Trinajstić information content (AvgIpc) is 2.33. The standard InChI is InChI=1S/C13H16N4/c1-9-3-4-12(10(2)7-9)16-11-5-6-15-13(8-11)17-14/h3-8H,14H2,1-2H3,(H2,15,16,17). The molecular weight excluding hydrogens is 212 g/mol. The Balaban J connectivity index is 2.25. The molecule has 0 fully saturated rings. The van der Waals surface area contributed by atoms with Gasteiger partial charge in [-0.15, -0.1) is 0 Å². The normalized spacial score (nSPS) is 10.1. The van der Waals surface area contributed by atoms with Crippen LogP contribution in [0.25, 0.3) is 0 Å². The quantitative estimate of drug-likeness (QED) is 0.558. The first-order valence-corrected chi connectivity index (χ1v) is 5.46. The van der Waals surface area contributed by atoms with Crippen LogP contribution in [-0.2, 0) is 0 Å². The van der Waals surface area contributed by atoms with Gasteiger partial charge in [0.2, 0.25) is 0 Å². The van der Waals surface area contributed by atoms with Gasteiger partial charge in [0.25, 0.3) is 0 Å². The number of nitrogens with zero attached hydrogens (tertiary/aromatic N) is 1. The minimum atomic E-state index is 0.639. The number of hydrazine groups is 1. The van der Waals surface area contributed by atoms with Crippen molar-refractivity contribution in [1.82, 2.24) is 4.98 Å². The Kier molecular flexibility index (Phi) is 3.25. The molecule has 88 valence electrons. The van der Waals surface area contributed by atoms with Gasteiger partial charge < -0.3 is 10.7 Å². The fourth-order valence-electron chi connectivity index (χ4n) is 1.70. The number of aryl methyl sites for hydroxylation is 2. The summed E-state index contributed by atoms with van der Waals surface area (Å²) < 4.78 is 0. The molecule has 1 aromatic carbocycles. The summed E-state index contributed by atoms with van der Waals surface area (Å²) in [4.78, 5) is 4.06. The Labute approximate surface area is 101 Å². The van der Waals surface area contributed by atoms with E-state index in [1.807, 2.05) is 12.1 Å². The third-order valence-electron chi connectivity index (χ3n) is 2.57. The third-order valence-corrected chi connectivity index (χ3v) is 2.57. The third kappa shape index (κ3) is 2.73. The highest BCUT2D eigenvalue weighted by Crippen LogP contribution is 2.22. The molecule has 4 nitrogen and oxygen atoms in total. The van der Waals surface area contributed by atoms with Gasteiger partial charge in [-0.25, -0.2) is 10.8 Å². The van der Waals surface area contributed by atoms with Crippen molar-refractivity contribution in [2.24, 2.45) is 5.84 Å². The number of nitrogen functional groups attached to an aromatic ring is 1. The molecule has 0 aliphatic rings. The van der Waals surface area contributed by atoms with E-state index in [9.17, 15) is 0 Å². The van der Waals surface area contributed by atoms with Gasteiger partial charge in [0.05, 0.1) is 0 Å². The Morgan fingerprint density at radius 2 is 1.94 bits per heavy atom. The molecule has 0 amide bonds. The molecule has 1 heterocycles. The molecule has 17 heavy (non-hydrogen) atoms. The molecule has 0 atom stereocenters. The fraction of sp³-hybridized carbons (Fsp3) is 0.154. The Morgan fingerprint density at radius 1 is 1.12 bits per heavy atom. The molecule has 1 aromatic heterocycles. The lowest BCUT2D eigenvalue weighted by molar-refractivity contribution is 1.23. The minimum Gasteiger partial charge on any atom is -0.355 e. The molecule has 0 aliphatic carbocycles. The highest BCUT2D eigenvalue weighted by Gasteiger charge is 2.00. The second-order valence-corrected chi connectivity index (χ2v) is 4.02. The SMILES string of the molecule is Cc1ccc(Nc2ccnc(NN)c2)c(C)c1. The summed E-state index contributed by atoms with van der Waals surface area (Å²) in [6, 6.07) is 10.1. The van der Waals surface area contributed by atoms with E-state index in [2.05, 4.69) is 47.8 Å². The molecule has 0 saturated heterocycles. The number of rotatable bonds is 3. The van der Waals surface area contributed by atoms with Crippen molar-refractivity contribution in [3.63, 3.8) is 0 Å². The maximum Gasteiger partial charge on any atom is 0.141 e. The summed E-state index contributed by atoms with van der Waals surface area (Å²) in [5, 5.41) is 3.34. The Morgan fingerprint density at radius 3 is 2.65 bits per heavy atom. The van der Waals surface area contributed by atoms with E-state index in [-0.39, 0.29) is 0 Å². The molecular formula is C13H16N4. The number of hydrogen-bond acceptors (Lipinski definition) is 4. The highest BCUT2D eigenvalue weighted by molar-refractivity contribution is 5.65. The van der Waals surface area contributed by atoms with Crippen LogP contribution >= 0.6 is 0 Å². The molecule has 0 aliphatic heterocycles. The first-order valence-electron chi connectivity index (χ1n) is 5.46. The van der Waals surface area contributed by atoms with Crippen molar-refractivity contribution >= 4 is 17.2 Å². The van der Waals surface area contributed by atoms with E-state index in [0.717, 1.165) is 11.4 Å². The molecule has 0 radical (unpaired) electrons. The van der Waals surface area contributed by atoms with Gasteiger partial charge in [-0.2, -0.15) is 0 Å². The minimum absolute atomic E-state index is 0.639. The van der Waals surface area contributed by atoms with Crippen LogP contribution in [0.3, 0.4) is 0 Å². The first kappa shape index (κ1) is 11.4. The number of nitrogens with one attached hydrogen (secondary N) is 2. The summed E-state index contributed by atoms with van der Waals surface area (Å²) in [5.74, 6) is 5.96. The van der Waals surface area contributed by atoms with E-state index >= 15 is 0 Å². The zero-order valence-corrected chi connectivity index (χ0v) is 9.99. The van der Waals surface area contributed by atoms with Gasteiger partial charge in [0.15, 0.2) is 0 Å². The maximum atomic E-state index is 5.32. The van der Waals surface area contributed by atoms with Gasteiger partial charge in [-0.05, 0) is 31.5 Å². The lowest BCUT2D eigenvalue weighted by atomic mass is 10.1. The number of anilines is 3. The summed E-state index contributed by atoms with van der Waals surface area (Å²) in [7, 11) is 0. The molecule has 2 rings (SSSR count). The van der Waals surface area contributed by atoms with Gasteiger partial charge >= 0.3 is 0 Å². The van der Waals surface area contributed by atoms with Crippen LogP contribution in [0, 0.1) is 13.8 Å². The van der Waals surface area contributed by atoms with Crippen molar-refractivity contribution in [3.05, 3.63) is 47.7 Å². The van der Waals surface area contributed by atoms with Crippen LogP contribution in [0.1, 0.15) is 11.1 Å². The van der Waals surface area contributed by atoms with Crippen molar-refractivity contribution < 1.29 is 0 Å². The Bertz CT molecular complexity index is 523. The van der Waals surface area contributed by atoms with Crippen LogP contribution in [0.15, 0.2) is 36.5 Å². The topological polar surface area (TPSA) is 63.0 Å². The summed E-state index contributed by atoms with van der Waals surface area (Å²) in [6.45, 7) is 4.16. The van der Waals surface area contributed by atoms with Crippen LogP contribution in [0.2, 0.25) is 0 Å². The second kappa shape index (κ2) is 4.84. The highest BCUT2D eigenvalue weighted by atomic mass is 15.2. The summed E-state index contributed by atoms with van der Waals surface area (Å²) >= 11 is 0. The van der Waals surface area contributed by atoms with Gasteiger partial charge in [0.1, 0.15) is 5.82 Å². The molecule has 4 heteroatoms. The van der Waals surface area contributed by atoms with Gasteiger partial charge in [-0.3, -0.25) is 0 Å². The maximum absolute atomic E-state index is 5.32. The number of pyridine rings is 1. The number of nitrogens with two attached hydrogens (primary N) is 1. The van der Waals surface area contributed by atoms with E-state index in [1.54, 1.807) is 6.20 Å². The average molecular weight is 228 g/mol. The largest absolute Gasteiger partial charge is 0.355 e. The van der Waals surface area contributed by atoms with Gasteiger partial charge in [-0.1, -0.05) is 17.7 Å². The molecule has 0 saturated carbocycles. The number of hydrogen-bond donors (Lipinski definition) is 3. The van der Waals surface area contributed by atoms with Crippen molar-refractivity contribution in [2.45, 2.75) is 13.8 Å². The van der Waals surface area contributed by atoms with E-state index < -0.39 is 0 Å². The lowest BCUT2D eigenvalue weighted by Crippen LogP contribution is -2.08.